The third-order valence-electron chi connectivity index (χ3n) is 4.78. The molecule has 0 saturated carbocycles. The van der Waals surface area contributed by atoms with Gasteiger partial charge >= 0.3 is 0 Å². The molecule has 0 bridgehead atoms. The number of aromatic amines is 1. The van der Waals surface area contributed by atoms with Gasteiger partial charge in [-0.25, -0.2) is 4.39 Å². The van der Waals surface area contributed by atoms with Crippen LogP contribution in [0.3, 0.4) is 0 Å². The third kappa shape index (κ3) is 4.22. The summed E-state index contributed by atoms with van der Waals surface area (Å²) >= 11 is 0. The molecule has 2 heterocycles. The Morgan fingerprint density at radius 1 is 1.46 bits per heavy atom. The van der Waals surface area contributed by atoms with Crippen molar-refractivity contribution in [3.63, 3.8) is 0 Å². The summed E-state index contributed by atoms with van der Waals surface area (Å²) < 4.78 is 19.0. The largest absolute Gasteiger partial charge is 0.484 e. The van der Waals surface area contributed by atoms with Crippen LogP contribution in [0.2, 0.25) is 0 Å². The molecular weight excluding hydrogens is 337 g/mol. The molecule has 140 valence electrons. The first-order valence-corrected chi connectivity index (χ1v) is 8.78. The third-order valence-corrected chi connectivity index (χ3v) is 4.78. The number of carbonyl (C=O) groups is 1. The van der Waals surface area contributed by atoms with E-state index in [2.05, 4.69) is 10.2 Å². The van der Waals surface area contributed by atoms with Crippen molar-refractivity contribution in [1.82, 2.24) is 15.1 Å². The maximum Gasteiger partial charge on any atom is 0.274 e. The summed E-state index contributed by atoms with van der Waals surface area (Å²) in [5.41, 5.74) is 0.0738. The highest BCUT2D eigenvalue weighted by Crippen LogP contribution is 2.27. The number of hydrogen-bond acceptors (Lipinski definition) is 4. The Hall–Kier alpha value is -2.41. The van der Waals surface area contributed by atoms with Crippen molar-refractivity contribution in [3.05, 3.63) is 47.5 Å². The maximum absolute atomic E-state index is 13.6. The molecule has 1 aromatic heterocycles. The van der Waals surface area contributed by atoms with E-state index >= 15 is 0 Å². The van der Waals surface area contributed by atoms with Gasteiger partial charge in [0.1, 0.15) is 6.61 Å². The molecule has 0 spiro atoms. The molecule has 0 radical (unpaired) electrons. The number of hydrogen-bond donors (Lipinski definition) is 2. The molecule has 1 aliphatic heterocycles. The normalized spacial score (nSPS) is 18.0. The van der Waals surface area contributed by atoms with Crippen LogP contribution in [0.5, 0.6) is 5.75 Å². The Bertz CT molecular complexity index is 769. The van der Waals surface area contributed by atoms with Gasteiger partial charge in [0.15, 0.2) is 17.3 Å². The van der Waals surface area contributed by atoms with Gasteiger partial charge in [-0.05, 0) is 44.9 Å². The molecule has 1 saturated heterocycles. The zero-order valence-corrected chi connectivity index (χ0v) is 15.0. The Morgan fingerprint density at radius 2 is 2.23 bits per heavy atom. The topological polar surface area (TPSA) is 78.5 Å². The van der Waals surface area contributed by atoms with E-state index in [0.29, 0.717) is 24.5 Å². The van der Waals surface area contributed by atoms with Crippen LogP contribution in [0, 0.1) is 11.7 Å². The number of halogens is 1. The zero-order valence-electron chi connectivity index (χ0n) is 15.0. The minimum Gasteiger partial charge on any atom is -0.484 e. The average Bonchev–Trinajstić information content (AvgIpc) is 3.09. The minimum absolute atomic E-state index is 0.0444. The number of H-pyrrole nitrogens is 1. The van der Waals surface area contributed by atoms with Gasteiger partial charge in [0.05, 0.1) is 11.3 Å². The number of para-hydroxylation sites is 1. The van der Waals surface area contributed by atoms with E-state index in [9.17, 15) is 14.3 Å². The molecule has 0 aliphatic carbocycles. The molecule has 3 rings (SSSR count). The lowest BCUT2D eigenvalue weighted by Gasteiger charge is -2.38. The SMILES string of the molecule is CC(C)(O)[C@H]1CCCN(C(=O)c2cc(COc3ccccc3F)[nH]n2)C1. The van der Waals surface area contributed by atoms with Gasteiger partial charge in [0.25, 0.3) is 5.91 Å². The highest BCUT2D eigenvalue weighted by atomic mass is 19.1. The number of aromatic nitrogens is 2. The van der Waals surface area contributed by atoms with Crippen molar-refractivity contribution in [1.29, 1.82) is 0 Å². The van der Waals surface area contributed by atoms with Gasteiger partial charge in [0.2, 0.25) is 0 Å². The van der Waals surface area contributed by atoms with Crippen LogP contribution in [0.15, 0.2) is 30.3 Å². The number of carbonyl (C=O) groups excluding carboxylic acids is 1. The Labute approximate surface area is 152 Å². The molecule has 1 atom stereocenters. The van der Waals surface area contributed by atoms with Gasteiger partial charge in [-0.1, -0.05) is 12.1 Å². The van der Waals surface area contributed by atoms with Crippen LogP contribution in [-0.4, -0.2) is 44.8 Å². The van der Waals surface area contributed by atoms with Crippen molar-refractivity contribution in [3.8, 4) is 5.75 Å². The van der Waals surface area contributed by atoms with Crippen molar-refractivity contribution in [2.45, 2.75) is 38.9 Å². The van der Waals surface area contributed by atoms with Crippen LogP contribution in [0.4, 0.5) is 4.39 Å². The summed E-state index contributed by atoms with van der Waals surface area (Å²) in [4.78, 5) is 14.4. The van der Waals surface area contributed by atoms with E-state index in [1.54, 1.807) is 43.0 Å². The summed E-state index contributed by atoms with van der Waals surface area (Å²) in [5.74, 6) is -0.413. The fourth-order valence-corrected chi connectivity index (χ4v) is 3.16. The molecule has 26 heavy (non-hydrogen) atoms. The van der Waals surface area contributed by atoms with Gasteiger partial charge in [0, 0.05) is 19.0 Å². The van der Waals surface area contributed by atoms with E-state index < -0.39 is 11.4 Å². The van der Waals surface area contributed by atoms with E-state index in [-0.39, 0.29) is 24.2 Å². The zero-order chi connectivity index (χ0) is 18.7. The molecule has 6 nitrogen and oxygen atoms in total. The van der Waals surface area contributed by atoms with E-state index in [1.807, 2.05) is 0 Å². The van der Waals surface area contributed by atoms with Crippen LogP contribution in [0.25, 0.3) is 0 Å². The Morgan fingerprint density at radius 3 is 2.96 bits per heavy atom. The van der Waals surface area contributed by atoms with Crippen molar-refractivity contribution >= 4 is 5.91 Å². The predicted octanol–water partition coefficient (Wildman–Crippen LogP) is 2.75. The second-order valence-corrected chi connectivity index (χ2v) is 7.24. The van der Waals surface area contributed by atoms with Gasteiger partial charge in [-0.2, -0.15) is 5.10 Å². The van der Waals surface area contributed by atoms with Gasteiger partial charge in [-0.3, -0.25) is 9.89 Å². The number of piperidine rings is 1. The molecule has 1 amide bonds. The predicted molar refractivity (Wildman–Crippen MR) is 94.2 cm³/mol. The quantitative estimate of drug-likeness (QED) is 0.858. The highest BCUT2D eigenvalue weighted by molar-refractivity contribution is 5.92. The summed E-state index contributed by atoms with van der Waals surface area (Å²) in [5, 5.41) is 17.0. The number of benzene rings is 1. The van der Waals surface area contributed by atoms with Crippen LogP contribution in [0.1, 0.15) is 42.9 Å². The van der Waals surface area contributed by atoms with Gasteiger partial charge in [-0.15, -0.1) is 0 Å². The van der Waals surface area contributed by atoms with E-state index in [1.165, 1.54) is 6.07 Å². The number of nitrogens with zero attached hydrogens (tertiary/aromatic N) is 2. The van der Waals surface area contributed by atoms with Crippen LogP contribution < -0.4 is 4.74 Å². The average molecular weight is 361 g/mol. The maximum atomic E-state index is 13.6. The lowest BCUT2D eigenvalue weighted by Crippen LogP contribution is -2.47. The number of rotatable bonds is 5. The first kappa shape index (κ1) is 18.4. The first-order valence-electron chi connectivity index (χ1n) is 8.78. The fraction of sp³-hybridized carbons (Fsp3) is 0.474. The Balaban J connectivity index is 1.62. The first-order chi connectivity index (χ1) is 12.3. The molecule has 0 unspecified atom stereocenters. The number of ether oxygens (including phenoxy) is 1. The van der Waals surface area contributed by atoms with E-state index in [4.69, 9.17) is 4.74 Å². The summed E-state index contributed by atoms with van der Waals surface area (Å²) in [7, 11) is 0. The van der Waals surface area contributed by atoms with Crippen molar-refractivity contribution < 1.29 is 19.0 Å². The molecule has 7 heteroatoms. The molecule has 1 aromatic carbocycles. The van der Waals surface area contributed by atoms with Crippen LogP contribution >= 0.6 is 0 Å². The fourth-order valence-electron chi connectivity index (χ4n) is 3.16. The molecule has 1 fully saturated rings. The summed E-state index contributed by atoms with van der Waals surface area (Å²) in [6, 6.07) is 7.77. The summed E-state index contributed by atoms with van der Waals surface area (Å²) in [6.07, 6.45) is 1.75. The summed E-state index contributed by atoms with van der Waals surface area (Å²) in [6.45, 7) is 4.81. The Kier molecular flexibility index (Phi) is 5.27. The highest BCUT2D eigenvalue weighted by Gasteiger charge is 2.33. The molecule has 1 aliphatic rings. The lowest BCUT2D eigenvalue weighted by atomic mass is 9.84. The van der Waals surface area contributed by atoms with Crippen LogP contribution in [-0.2, 0) is 6.61 Å². The molecular formula is C19H24FN3O3. The van der Waals surface area contributed by atoms with E-state index in [0.717, 1.165) is 12.8 Å². The second-order valence-electron chi connectivity index (χ2n) is 7.24. The second kappa shape index (κ2) is 7.45. The number of amides is 1. The number of likely N-dealkylation sites (tertiary alicyclic amines) is 1. The van der Waals surface area contributed by atoms with Gasteiger partial charge < -0.3 is 14.7 Å². The number of nitrogens with one attached hydrogen (secondary N) is 1. The molecule has 2 aromatic rings. The monoisotopic (exact) mass is 361 g/mol. The molecule has 2 N–H and O–H groups in total. The number of aliphatic hydroxyl groups is 1. The standard InChI is InChI=1S/C19H24FN3O3/c1-19(2,25)13-6-5-9-23(11-13)18(24)16-10-14(21-22-16)12-26-17-8-4-3-7-15(17)20/h3-4,7-8,10,13,25H,5-6,9,11-12H2,1-2H3,(H,21,22)/t13-/m0/s1. The lowest BCUT2D eigenvalue weighted by molar-refractivity contribution is -0.0147. The minimum atomic E-state index is -0.816. The van der Waals surface area contributed by atoms with Crippen molar-refractivity contribution in [2.75, 3.05) is 13.1 Å². The smallest absolute Gasteiger partial charge is 0.274 e. The van der Waals surface area contributed by atoms with Crippen molar-refractivity contribution in [2.24, 2.45) is 5.92 Å².